The summed E-state index contributed by atoms with van der Waals surface area (Å²) in [5.41, 5.74) is 4.65. The fourth-order valence-electron chi connectivity index (χ4n) is 1.68. The van der Waals surface area contributed by atoms with Gasteiger partial charge in [-0.1, -0.05) is 20.8 Å². The molecule has 0 aromatic rings. The molecule has 0 spiro atoms. The van der Waals surface area contributed by atoms with Gasteiger partial charge in [0.2, 0.25) is 0 Å². The van der Waals surface area contributed by atoms with Crippen molar-refractivity contribution in [3.8, 4) is 0 Å². The highest BCUT2D eigenvalue weighted by Crippen LogP contribution is 2.22. The molecule has 116 valence electrons. The van der Waals surface area contributed by atoms with E-state index >= 15 is 0 Å². The third kappa shape index (κ3) is 11.1. The lowest BCUT2D eigenvalue weighted by Gasteiger charge is -2.25. The molecule has 20 heavy (non-hydrogen) atoms. The van der Waals surface area contributed by atoms with Gasteiger partial charge >= 0.3 is 18.1 Å². The highest BCUT2D eigenvalue weighted by atomic mass is 16.5. The second-order valence-electron chi connectivity index (χ2n) is 5.63. The van der Waals surface area contributed by atoms with Crippen molar-refractivity contribution in [2.75, 3.05) is 13.2 Å². The standard InChI is InChI=1S/C12H23N3O5/c1-12(2,3)7-8(6-9(16)17)15-11(19)14-4-5-20-10(13)18/h8H,4-7H2,1-3H3,(H2,13,18)(H,16,17)(H2,14,15,19). The van der Waals surface area contributed by atoms with Crippen molar-refractivity contribution < 1.29 is 24.2 Å². The van der Waals surface area contributed by atoms with Gasteiger partial charge in [-0.05, 0) is 11.8 Å². The first kappa shape index (κ1) is 18.0. The quantitative estimate of drug-likeness (QED) is 0.511. The number of nitrogens with one attached hydrogen (secondary N) is 2. The van der Waals surface area contributed by atoms with Crippen molar-refractivity contribution in [2.45, 2.75) is 39.7 Å². The van der Waals surface area contributed by atoms with Crippen LogP contribution < -0.4 is 16.4 Å². The Morgan fingerprint density at radius 3 is 2.35 bits per heavy atom. The van der Waals surface area contributed by atoms with E-state index in [4.69, 9.17) is 10.8 Å². The molecule has 0 aromatic heterocycles. The van der Waals surface area contributed by atoms with Gasteiger partial charge in [-0.2, -0.15) is 0 Å². The van der Waals surface area contributed by atoms with Crippen LogP contribution in [0.1, 0.15) is 33.6 Å². The summed E-state index contributed by atoms with van der Waals surface area (Å²) in [4.78, 5) is 32.7. The normalized spacial score (nSPS) is 12.3. The van der Waals surface area contributed by atoms with Crippen LogP contribution in [0, 0.1) is 5.41 Å². The molecule has 8 heteroatoms. The highest BCUT2D eigenvalue weighted by molar-refractivity contribution is 5.75. The number of urea groups is 1. The van der Waals surface area contributed by atoms with E-state index in [2.05, 4.69) is 15.4 Å². The van der Waals surface area contributed by atoms with Crippen LogP contribution in [0.2, 0.25) is 0 Å². The molecule has 0 aliphatic heterocycles. The predicted octanol–water partition coefficient (Wildman–Crippen LogP) is 0.660. The number of hydrogen-bond donors (Lipinski definition) is 4. The maximum atomic E-state index is 11.6. The number of carbonyl (C=O) groups excluding carboxylic acids is 2. The van der Waals surface area contributed by atoms with Gasteiger partial charge in [0.1, 0.15) is 6.61 Å². The molecule has 0 radical (unpaired) electrons. The molecule has 5 N–H and O–H groups in total. The molecule has 0 rings (SSSR count). The predicted molar refractivity (Wildman–Crippen MR) is 72.2 cm³/mol. The molecule has 8 nitrogen and oxygen atoms in total. The first-order valence-corrected chi connectivity index (χ1v) is 6.28. The van der Waals surface area contributed by atoms with Crippen LogP contribution in [0.25, 0.3) is 0 Å². The van der Waals surface area contributed by atoms with E-state index < -0.39 is 24.1 Å². The Bertz CT molecular complexity index is 351. The number of amides is 3. The second kappa shape index (κ2) is 8.23. The molecule has 3 amide bonds. The fourth-order valence-corrected chi connectivity index (χ4v) is 1.68. The number of ether oxygens (including phenoxy) is 1. The van der Waals surface area contributed by atoms with Crippen LogP contribution in [0.4, 0.5) is 9.59 Å². The number of rotatable bonds is 7. The minimum atomic E-state index is -0.975. The first-order valence-electron chi connectivity index (χ1n) is 6.28. The zero-order valence-corrected chi connectivity index (χ0v) is 12.1. The van der Waals surface area contributed by atoms with Crippen molar-refractivity contribution >= 4 is 18.1 Å². The second-order valence-corrected chi connectivity index (χ2v) is 5.63. The molecule has 0 saturated carbocycles. The highest BCUT2D eigenvalue weighted by Gasteiger charge is 2.22. The summed E-state index contributed by atoms with van der Waals surface area (Å²) in [6, 6.07) is -0.974. The molecule has 0 aliphatic carbocycles. The molecular weight excluding hydrogens is 266 g/mol. The van der Waals surface area contributed by atoms with Crippen molar-refractivity contribution in [2.24, 2.45) is 11.1 Å². The maximum Gasteiger partial charge on any atom is 0.404 e. The van der Waals surface area contributed by atoms with Crippen LogP contribution in [0.15, 0.2) is 0 Å². The summed E-state index contributed by atoms with van der Waals surface area (Å²) < 4.78 is 4.44. The van der Waals surface area contributed by atoms with Gasteiger partial charge in [0.15, 0.2) is 0 Å². The van der Waals surface area contributed by atoms with Crippen LogP contribution >= 0.6 is 0 Å². The van der Waals surface area contributed by atoms with E-state index in [-0.39, 0.29) is 25.0 Å². The van der Waals surface area contributed by atoms with Crippen molar-refractivity contribution in [1.29, 1.82) is 0 Å². The summed E-state index contributed by atoms with van der Waals surface area (Å²) in [5.74, 6) is -0.975. The van der Waals surface area contributed by atoms with E-state index in [1.807, 2.05) is 20.8 Å². The zero-order chi connectivity index (χ0) is 15.8. The Hall–Kier alpha value is -1.99. The van der Waals surface area contributed by atoms with E-state index in [1.54, 1.807) is 0 Å². The lowest BCUT2D eigenvalue weighted by atomic mass is 9.87. The molecule has 1 atom stereocenters. The van der Waals surface area contributed by atoms with Gasteiger partial charge in [0, 0.05) is 6.04 Å². The van der Waals surface area contributed by atoms with Gasteiger partial charge < -0.3 is 26.2 Å². The number of primary amides is 1. The number of carbonyl (C=O) groups is 3. The lowest BCUT2D eigenvalue weighted by molar-refractivity contribution is -0.137. The summed E-state index contributed by atoms with van der Waals surface area (Å²) in [6.45, 7) is 5.95. The van der Waals surface area contributed by atoms with Crippen molar-refractivity contribution in [1.82, 2.24) is 10.6 Å². The molecule has 0 heterocycles. The Morgan fingerprint density at radius 1 is 1.30 bits per heavy atom. The number of carboxylic acid groups (broad SMARTS) is 1. The van der Waals surface area contributed by atoms with Crippen molar-refractivity contribution in [3.05, 3.63) is 0 Å². The minimum absolute atomic E-state index is 0.0361. The Morgan fingerprint density at radius 2 is 1.90 bits per heavy atom. The van der Waals surface area contributed by atoms with E-state index in [0.29, 0.717) is 6.42 Å². The molecule has 0 bridgehead atoms. The van der Waals surface area contributed by atoms with Gasteiger partial charge in [-0.15, -0.1) is 0 Å². The number of nitrogens with two attached hydrogens (primary N) is 1. The maximum absolute atomic E-state index is 11.6. The van der Waals surface area contributed by atoms with Crippen molar-refractivity contribution in [3.63, 3.8) is 0 Å². The van der Waals surface area contributed by atoms with Crippen LogP contribution in [0.3, 0.4) is 0 Å². The Labute approximate surface area is 118 Å². The van der Waals surface area contributed by atoms with Gasteiger partial charge in [-0.25, -0.2) is 9.59 Å². The summed E-state index contributed by atoms with van der Waals surface area (Å²) in [5, 5.41) is 13.9. The van der Waals surface area contributed by atoms with Crippen LogP contribution in [-0.2, 0) is 9.53 Å². The molecule has 0 fully saturated rings. The Balaban J connectivity index is 4.18. The van der Waals surface area contributed by atoms with E-state index in [9.17, 15) is 14.4 Å². The summed E-state index contributed by atoms with van der Waals surface area (Å²) in [7, 11) is 0. The topological polar surface area (TPSA) is 131 Å². The van der Waals surface area contributed by atoms with Gasteiger partial charge in [0.05, 0.1) is 13.0 Å². The number of carboxylic acids is 1. The summed E-state index contributed by atoms with van der Waals surface area (Å²) >= 11 is 0. The van der Waals surface area contributed by atoms with Crippen LogP contribution in [0.5, 0.6) is 0 Å². The lowest BCUT2D eigenvalue weighted by Crippen LogP contribution is -2.45. The molecule has 0 saturated heterocycles. The largest absolute Gasteiger partial charge is 0.481 e. The average Bonchev–Trinajstić information content (AvgIpc) is 2.20. The average molecular weight is 289 g/mol. The Kier molecular flexibility index (Phi) is 7.42. The molecule has 1 unspecified atom stereocenters. The third-order valence-corrected chi connectivity index (χ3v) is 2.25. The van der Waals surface area contributed by atoms with Crippen LogP contribution in [-0.4, -0.2) is 42.4 Å². The van der Waals surface area contributed by atoms with Gasteiger partial charge in [0.25, 0.3) is 0 Å². The molecule has 0 aliphatic rings. The van der Waals surface area contributed by atoms with E-state index in [1.165, 1.54) is 0 Å². The first-order chi connectivity index (χ1) is 9.10. The molecule has 0 aromatic carbocycles. The number of hydrogen-bond acceptors (Lipinski definition) is 4. The third-order valence-electron chi connectivity index (χ3n) is 2.25. The number of aliphatic carboxylic acids is 1. The smallest absolute Gasteiger partial charge is 0.404 e. The summed E-state index contributed by atoms with van der Waals surface area (Å²) in [6.07, 6.45) is -0.531. The fraction of sp³-hybridized carbons (Fsp3) is 0.750. The zero-order valence-electron chi connectivity index (χ0n) is 12.1. The molecular formula is C12H23N3O5. The van der Waals surface area contributed by atoms with E-state index in [0.717, 1.165) is 0 Å². The monoisotopic (exact) mass is 289 g/mol. The minimum Gasteiger partial charge on any atom is -0.481 e. The SMILES string of the molecule is CC(C)(C)CC(CC(=O)O)NC(=O)NCCOC(N)=O. The van der Waals surface area contributed by atoms with Gasteiger partial charge in [-0.3, -0.25) is 4.79 Å².